The number of hydrogen-bond donors (Lipinski definition) is 1. The van der Waals surface area contributed by atoms with Gasteiger partial charge in [-0.3, -0.25) is 14.5 Å². The fraction of sp³-hybridized carbons (Fsp3) is 0.739. The molecule has 13 heteroatoms. The minimum atomic E-state index is -0.594. The molecule has 1 aliphatic rings. The van der Waals surface area contributed by atoms with Crippen LogP contribution in [-0.2, 0) is 38.0 Å². The Morgan fingerprint density at radius 3 is 1.86 bits per heavy atom. The van der Waals surface area contributed by atoms with E-state index in [0.29, 0.717) is 46.2 Å². The fourth-order valence-corrected chi connectivity index (χ4v) is 2.55. The first-order valence-corrected chi connectivity index (χ1v) is 11.8. The van der Waals surface area contributed by atoms with Gasteiger partial charge in [0.25, 0.3) is 11.8 Å². The average molecular weight is 518 g/mol. The molecule has 1 rings (SSSR count). The smallest absolute Gasteiger partial charge is 0.410 e. The van der Waals surface area contributed by atoms with Crippen LogP contribution in [0.2, 0.25) is 0 Å². The minimum Gasteiger partial charge on any atom is -0.448 e. The summed E-state index contributed by atoms with van der Waals surface area (Å²) in [5.74, 6) is -0.645. The number of alkyl carbamates (subject to hydrolysis) is 1. The van der Waals surface area contributed by atoms with E-state index in [1.54, 1.807) is 27.8 Å². The van der Waals surface area contributed by atoms with E-state index in [9.17, 15) is 19.2 Å². The monoisotopic (exact) mass is 517 g/mol. The van der Waals surface area contributed by atoms with Gasteiger partial charge in [0.1, 0.15) is 12.2 Å². The first-order valence-electron chi connectivity index (χ1n) is 11.8. The standard InChI is InChI=1S/C23H39N3O10/c1-23(2,3)36-22(30)25(4)8-12-35-21(29)24-7-10-31-13-15-33-17-18-34-16-14-32-11-9-26-19(27)5-6-20(26)28/h5-6H,7-18H2,1-4H3,(H,24,29). The highest BCUT2D eigenvalue weighted by molar-refractivity contribution is 6.12. The second-order valence-electron chi connectivity index (χ2n) is 8.58. The molecule has 0 saturated carbocycles. The van der Waals surface area contributed by atoms with Gasteiger partial charge in [-0.25, -0.2) is 9.59 Å². The van der Waals surface area contributed by atoms with Crippen LogP contribution in [0.1, 0.15) is 20.8 Å². The topological polar surface area (TPSA) is 142 Å². The maximum Gasteiger partial charge on any atom is 0.410 e. The van der Waals surface area contributed by atoms with E-state index in [4.69, 9.17) is 28.4 Å². The Labute approximate surface area is 211 Å². The molecule has 0 spiro atoms. The summed E-state index contributed by atoms with van der Waals surface area (Å²) in [6.45, 7) is 8.91. The van der Waals surface area contributed by atoms with Gasteiger partial charge in [-0.1, -0.05) is 0 Å². The summed E-state index contributed by atoms with van der Waals surface area (Å²) >= 11 is 0. The lowest BCUT2D eigenvalue weighted by Gasteiger charge is -2.24. The van der Waals surface area contributed by atoms with Gasteiger partial charge in [-0.15, -0.1) is 0 Å². The molecule has 4 amide bonds. The zero-order chi connectivity index (χ0) is 26.8. The Morgan fingerprint density at radius 1 is 0.833 bits per heavy atom. The molecule has 206 valence electrons. The molecule has 1 N–H and O–H groups in total. The lowest BCUT2D eigenvalue weighted by Crippen LogP contribution is -2.37. The van der Waals surface area contributed by atoms with Crippen LogP contribution >= 0.6 is 0 Å². The highest BCUT2D eigenvalue weighted by atomic mass is 16.6. The number of carbonyl (C=O) groups excluding carboxylic acids is 4. The first kappa shape index (κ1) is 31.3. The van der Waals surface area contributed by atoms with Crippen molar-refractivity contribution in [3.8, 4) is 0 Å². The van der Waals surface area contributed by atoms with Gasteiger partial charge in [0, 0.05) is 25.7 Å². The van der Waals surface area contributed by atoms with Crippen molar-refractivity contribution in [1.82, 2.24) is 15.1 Å². The van der Waals surface area contributed by atoms with E-state index in [1.165, 1.54) is 17.1 Å². The summed E-state index contributed by atoms with van der Waals surface area (Å²) in [4.78, 5) is 48.6. The number of amides is 4. The molecule has 0 aromatic carbocycles. The van der Waals surface area contributed by atoms with Crippen LogP contribution in [0, 0.1) is 0 Å². The van der Waals surface area contributed by atoms with Crippen molar-refractivity contribution in [2.45, 2.75) is 26.4 Å². The normalized spacial score (nSPS) is 13.3. The van der Waals surface area contributed by atoms with Crippen LogP contribution in [0.3, 0.4) is 0 Å². The molecule has 36 heavy (non-hydrogen) atoms. The van der Waals surface area contributed by atoms with Crippen LogP contribution in [0.5, 0.6) is 0 Å². The number of imide groups is 1. The van der Waals surface area contributed by atoms with Crippen molar-refractivity contribution in [3.63, 3.8) is 0 Å². The molecule has 13 nitrogen and oxygen atoms in total. The van der Waals surface area contributed by atoms with Crippen LogP contribution < -0.4 is 5.32 Å². The van der Waals surface area contributed by atoms with Gasteiger partial charge in [0.05, 0.1) is 65.9 Å². The Hall–Kier alpha value is -2.74. The predicted octanol–water partition coefficient (Wildman–Crippen LogP) is 0.571. The third-order valence-electron chi connectivity index (χ3n) is 4.36. The summed E-state index contributed by atoms with van der Waals surface area (Å²) < 4.78 is 31.6. The van der Waals surface area contributed by atoms with Crippen LogP contribution in [-0.4, -0.2) is 126 Å². The lowest BCUT2D eigenvalue weighted by molar-refractivity contribution is -0.137. The number of nitrogens with zero attached hydrogens (tertiary/aromatic N) is 2. The average Bonchev–Trinajstić information content (AvgIpc) is 3.12. The minimum absolute atomic E-state index is 0.0444. The second kappa shape index (κ2) is 17.7. The zero-order valence-electron chi connectivity index (χ0n) is 21.6. The molecule has 0 radical (unpaired) electrons. The summed E-state index contributed by atoms with van der Waals surface area (Å²) in [7, 11) is 1.57. The van der Waals surface area contributed by atoms with Gasteiger partial charge in [0.2, 0.25) is 0 Å². The molecule has 0 unspecified atom stereocenters. The van der Waals surface area contributed by atoms with Crippen LogP contribution in [0.25, 0.3) is 0 Å². The molecule has 0 aromatic heterocycles. The molecule has 0 aromatic rings. The van der Waals surface area contributed by atoms with E-state index in [2.05, 4.69) is 5.32 Å². The van der Waals surface area contributed by atoms with Crippen LogP contribution in [0.4, 0.5) is 9.59 Å². The third kappa shape index (κ3) is 15.3. The summed E-state index contributed by atoms with van der Waals surface area (Å²) in [6, 6.07) is 0. The number of ether oxygens (including phenoxy) is 6. The maximum atomic E-state index is 11.8. The molecule has 0 atom stereocenters. The number of likely N-dealkylation sites (N-methyl/N-ethyl adjacent to an activating group) is 1. The highest BCUT2D eigenvalue weighted by Crippen LogP contribution is 2.08. The van der Waals surface area contributed by atoms with Gasteiger partial charge in [-0.05, 0) is 20.8 Å². The number of nitrogens with one attached hydrogen (secondary N) is 1. The number of hydrogen-bond acceptors (Lipinski definition) is 10. The molecule has 0 fully saturated rings. The van der Waals surface area contributed by atoms with Crippen molar-refractivity contribution in [2.24, 2.45) is 0 Å². The van der Waals surface area contributed by atoms with E-state index >= 15 is 0 Å². The summed E-state index contributed by atoms with van der Waals surface area (Å²) in [6.07, 6.45) is 1.40. The molecule has 1 heterocycles. The van der Waals surface area contributed by atoms with Gasteiger partial charge in [0.15, 0.2) is 0 Å². The Morgan fingerprint density at radius 2 is 1.33 bits per heavy atom. The Kier molecular flexibility index (Phi) is 15.3. The molecular formula is C23H39N3O10. The van der Waals surface area contributed by atoms with Gasteiger partial charge >= 0.3 is 12.2 Å². The second-order valence-corrected chi connectivity index (χ2v) is 8.58. The largest absolute Gasteiger partial charge is 0.448 e. The number of carbonyl (C=O) groups is 4. The Balaban J connectivity index is 1.82. The molecular weight excluding hydrogens is 478 g/mol. The number of rotatable bonds is 18. The van der Waals surface area contributed by atoms with Crippen LogP contribution in [0.15, 0.2) is 12.2 Å². The molecule has 0 saturated heterocycles. The fourth-order valence-electron chi connectivity index (χ4n) is 2.55. The Bertz CT molecular complexity index is 705. The van der Waals surface area contributed by atoms with E-state index in [0.717, 1.165) is 4.90 Å². The van der Waals surface area contributed by atoms with Crippen molar-refractivity contribution < 1.29 is 47.6 Å². The van der Waals surface area contributed by atoms with Crippen molar-refractivity contribution in [3.05, 3.63) is 12.2 Å². The third-order valence-corrected chi connectivity index (χ3v) is 4.36. The zero-order valence-corrected chi connectivity index (χ0v) is 21.6. The summed E-state index contributed by atoms with van der Waals surface area (Å²) in [5, 5.41) is 2.55. The quantitative estimate of drug-likeness (QED) is 0.203. The molecule has 1 aliphatic heterocycles. The SMILES string of the molecule is CN(CCOC(=O)NCCOCCOCCOCCOCCN1C(=O)C=CC1=O)C(=O)OC(C)(C)C. The lowest BCUT2D eigenvalue weighted by atomic mass is 10.2. The molecule has 0 aliphatic carbocycles. The van der Waals surface area contributed by atoms with Gasteiger partial charge < -0.3 is 38.6 Å². The predicted molar refractivity (Wildman–Crippen MR) is 127 cm³/mol. The van der Waals surface area contributed by atoms with Crippen molar-refractivity contribution >= 4 is 24.0 Å². The highest BCUT2D eigenvalue weighted by Gasteiger charge is 2.22. The van der Waals surface area contributed by atoms with E-state index < -0.39 is 17.8 Å². The van der Waals surface area contributed by atoms with E-state index in [-0.39, 0.29) is 44.7 Å². The van der Waals surface area contributed by atoms with Gasteiger partial charge in [-0.2, -0.15) is 0 Å². The van der Waals surface area contributed by atoms with Crippen molar-refractivity contribution in [1.29, 1.82) is 0 Å². The van der Waals surface area contributed by atoms with E-state index in [1.807, 2.05) is 0 Å². The van der Waals surface area contributed by atoms with Crippen molar-refractivity contribution in [2.75, 3.05) is 86.1 Å². The maximum absolute atomic E-state index is 11.8. The molecule has 0 bridgehead atoms. The summed E-state index contributed by atoms with van der Waals surface area (Å²) in [5.41, 5.74) is -0.584. The first-order chi connectivity index (χ1) is 17.1.